The molecular weight excluding hydrogens is 286 g/mol. The van der Waals surface area contributed by atoms with Crippen LogP contribution in [-0.2, 0) is 0 Å². The zero-order chi connectivity index (χ0) is 15.7. The number of nitrogens with zero attached hydrogens (tertiary/aromatic N) is 4. The summed E-state index contributed by atoms with van der Waals surface area (Å²) in [6.45, 7) is 6.04. The third-order valence-corrected chi connectivity index (χ3v) is 4.07. The van der Waals surface area contributed by atoms with E-state index in [1.54, 1.807) is 11.0 Å². The molecule has 2 aromatic rings. The van der Waals surface area contributed by atoms with Crippen LogP contribution < -0.4 is 0 Å². The second-order valence-electron chi connectivity index (χ2n) is 5.29. The summed E-state index contributed by atoms with van der Waals surface area (Å²) >= 11 is 0. The molecule has 1 fully saturated rings. The number of nitrogens with one attached hydrogen (secondary N) is 1. The monoisotopic (exact) mass is 303 g/mol. The van der Waals surface area contributed by atoms with Crippen molar-refractivity contribution in [3.63, 3.8) is 0 Å². The third-order valence-electron chi connectivity index (χ3n) is 4.07. The summed E-state index contributed by atoms with van der Waals surface area (Å²) in [5, 5.41) is 18.2. The number of non-ortho nitro benzene ring substituents is 1. The molecule has 22 heavy (non-hydrogen) atoms. The number of hydrogen-bond acceptors (Lipinski definition) is 5. The summed E-state index contributed by atoms with van der Waals surface area (Å²) in [4.78, 5) is 27.1. The van der Waals surface area contributed by atoms with Gasteiger partial charge in [-0.15, -0.1) is 0 Å². The molecule has 0 aliphatic carbocycles. The topological polar surface area (TPSA) is 95.4 Å². The Hall–Kier alpha value is -2.48. The quantitative estimate of drug-likeness (QED) is 0.680. The summed E-state index contributed by atoms with van der Waals surface area (Å²) in [5.41, 5.74) is 0.837. The number of fused-ring (bicyclic) bond motifs is 1. The summed E-state index contributed by atoms with van der Waals surface area (Å²) in [6, 6.07) is 4.37. The first-order valence-electron chi connectivity index (χ1n) is 7.24. The predicted octanol–water partition coefficient (Wildman–Crippen LogP) is 1.25. The SMILES string of the molecule is CCN1CCN(C(=O)c2n[nH]c3ccc([N+](=O)[O-])cc23)CC1. The number of benzene rings is 1. The molecule has 0 spiro atoms. The molecule has 0 saturated carbocycles. The summed E-state index contributed by atoms with van der Waals surface area (Å²) in [7, 11) is 0. The first-order chi connectivity index (χ1) is 10.6. The second-order valence-corrected chi connectivity index (χ2v) is 5.29. The van der Waals surface area contributed by atoms with E-state index in [-0.39, 0.29) is 17.3 Å². The van der Waals surface area contributed by atoms with E-state index in [1.165, 1.54) is 12.1 Å². The normalized spacial score (nSPS) is 16.1. The van der Waals surface area contributed by atoms with E-state index in [9.17, 15) is 14.9 Å². The Labute approximate surface area is 126 Å². The summed E-state index contributed by atoms with van der Waals surface area (Å²) < 4.78 is 0. The van der Waals surface area contributed by atoms with Gasteiger partial charge in [0.15, 0.2) is 5.69 Å². The predicted molar refractivity (Wildman–Crippen MR) is 80.8 cm³/mol. The van der Waals surface area contributed by atoms with Crippen molar-refractivity contribution in [1.82, 2.24) is 20.0 Å². The number of carbonyl (C=O) groups excluding carboxylic acids is 1. The minimum Gasteiger partial charge on any atom is -0.335 e. The highest BCUT2D eigenvalue weighted by Crippen LogP contribution is 2.23. The molecule has 0 unspecified atom stereocenters. The van der Waals surface area contributed by atoms with Gasteiger partial charge in [0.25, 0.3) is 11.6 Å². The molecule has 1 aliphatic rings. The van der Waals surface area contributed by atoms with Crippen molar-refractivity contribution >= 4 is 22.5 Å². The number of rotatable bonds is 3. The standard InChI is InChI=1S/C14H17N5O3/c1-2-17-5-7-18(8-6-17)14(20)13-11-9-10(19(21)22)3-4-12(11)15-16-13/h3-4,9H,2,5-8H2,1H3,(H,15,16). The number of carbonyl (C=O) groups is 1. The average Bonchev–Trinajstić information content (AvgIpc) is 2.97. The van der Waals surface area contributed by atoms with Crippen LogP contribution in [0, 0.1) is 10.1 Å². The van der Waals surface area contributed by atoms with E-state index in [2.05, 4.69) is 22.0 Å². The Balaban J connectivity index is 1.88. The summed E-state index contributed by atoms with van der Waals surface area (Å²) in [5.74, 6) is -0.178. The molecule has 0 bridgehead atoms. The fraction of sp³-hybridized carbons (Fsp3) is 0.429. The van der Waals surface area contributed by atoms with Crippen molar-refractivity contribution in [2.24, 2.45) is 0 Å². The lowest BCUT2D eigenvalue weighted by molar-refractivity contribution is -0.384. The molecule has 0 atom stereocenters. The number of aromatic nitrogens is 2. The molecule has 2 heterocycles. The molecule has 0 radical (unpaired) electrons. The number of likely N-dealkylation sites (N-methyl/N-ethyl adjacent to an activating group) is 1. The maximum absolute atomic E-state index is 12.6. The molecular formula is C14H17N5O3. The Morgan fingerprint density at radius 1 is 1.36 bits per heavy atom. The van der Waals surface area contributed by atoms with Gasteiger partial charge in [-0.25, -0.2) is 0 Å². The highest BCUT2D eigenvalue weighted by atomic mass is 16.6. The number of piperazine rings is 1. The molecule has 8 nitrogen and oxygen atoms in total. The van der Waals surface area contributed by atoms with Gasteiger partial charge >= 0.3 is 0 Å². The molecule has 1 amide bonds. The van der Waals surface area contributed by atoms with Crippen LogP contribution in [0.5, 0.6) is 0 Å². The minimum atomic E-state index is -0.472. The second kappa shape index (κ2) is 5.72. The lowest BCUT2D eigenvalue weighted by atomic mass is 10.1. The van der Waals surface area contributed by atoms with Crippen molar-refractivity contribution in [2.75, 3.05) is 32.7 Å². The largest absolute Gasteiger partial charge is 0.335 e. The average molecular weight is 303 g/mol. The maximum Gasteiger partial charge on any atom is 0.275 e. The highest BCUT2D eigenvalue weighted by Gasteiger charge is 2.25. The van der Waals surface area contributed by atoms with E-state index < -0.39 is 4.92 Å². The summed E-state index contributed by atoms with van der Waals surface area (Å²) in [6.07, 6.45) is 0. The van der Waals surface area contributed by atoms with Crippen LogP contribution in [0.3, 0.4) is 0 Å². The van der Waals surface area contributed by atoms with Gasteiger partial charge in [0.1, 0.15) is 0 Å². The zero-order valence-corrected chi connectivity index (χ0v) is 12.3. The number of aromatic amines is 1. The van der Waals surface area contributed by atoms with E-state index in [0.29, 0.717) is 24.0 Å². The molecule has 116 valence electrons. The molecule has 8 heteroatoms. The molecule has 1 N–H and O–H groups in total. The van der Waals surface area contributed by atoms with Crippen LogP contribution in [0.25, 0.3) is 10.9 Å². The van der Waals surface area contributed by atoms with E-state index in [0.717, 1.165) is 19.6 Å². The van der Waals surface area contributed by atoms with Gasteiger partial charge in [0, 0.05) is 43.7 Å². The molecule has 1 aromatic heterocycles. The minimum absolute atomic E-state index is 0.0428. The van der Waals surface area contributed by atoms with Crippen molar-refractivity contribution in [2.45, 2.75) is 6.92 Å². The van der Waals surface area contributed by atoms with Crippen LogP contribution in [0.2, 0.25) is 0 Å². The lowest BCUT2D eigenvalue weighted by Gasteiger charge is -2.33. The van der Waals surface area contributed by atoms with Crippen molar-refractivity contribution < 1.29 is 9.72 Å². The highest BCUT2D eigenvalue weighted by molar-refractivity contribution is 6.05. The zero-order valence-electron chi connectivity index (χ0n) is 12.3. The van der Waals surface area contributed by atoms with Crippen molar-refractivity contribution in [3.8, 4) is 0 Å². The molecule has 1 aliphatic heterocycles. The fourth-order valence-corrected chi connectivity index (χ4v) is 2.70. The maximum atomic E-state index is 12.6. The lowest BCUT2D eigenvalue weighted by Crippen LogP contribution is -2.48. The number of nitro benzene ring substituents is 1. The number of hydrogen-bond donors (Lipinski definition) is 1. The third kappa shape index (κ3) is 2.52. The molecule has 1 aromatic carbocycles. The Bertz CT molecular complexity index is 718. The van der Waals surface area contributed by atoms with Gasteiger partial charge in [-0.3, -0.25) is 20.0 Å². The van der Waals surface area contributed by atoms with Crippen molar-refractivity contribution in [3.05, 3.63) is 34.0 Å². The van der Waals surface area contributed by atoms with Crippen LogP contribution in [0.1, 0.15) is 17.4 Å². The Morgan fingerprint density at radius 3 is 2.73 bits per heavy atom. The Morgan fingerprint density at radius 2 is 2.09 bits per heavy atom. The van der Waals surface area contributed by atoms with Crippen LogP contribution in [-0.4, -0.2) is 63.6 Å². The van der Waals surface area contributed by atoms with E-state index in [1.807, 2.05) is 0 Å². The number of nitro groups is 1. The van der Waals surface area contributed by atoms with Gasteiger partial charge in [-0.05, 0) is 12.6 Å². The van der Waals surface area contributed by atoms with Crippen LogP contribution >= 0.6 is 0 Å². The van der Waals surface area contributed by atoms with E-state index in [4.69, 9.17) is 0 Å². The molecule has 3 rings (SSSR count). The molecule has 1 saturated heterocycles. The van der Waals surface area contributed by atoms with Gasteiger partial charge in [-0.2, -0.15) is 5.10 Å². The first kappa shape index (κ1) is 14.5. The number of H-pyrrole nitrogens is 1. The fourth-order valence-electron chi connectivity index (χ4n) is 2.70. The Kier molecular flexibility index (Phi) is 3.76. The van der Waals surface area contributed by atoms with Crippen LogP contribution in [0.4, 0.5) is 5.69 Å². The van der Waals surface area contributed by atoms with Gasteiger partial charge in [-0.1, -0.05) is 6.92 Å². The van der Waals surface area contributed by atoms with Gasteiger partial charge in [0.05, 0.1) is 10.4 Å². The van der Waals surface area contributed by atoms with Gasteiger partial charge < -0.3 is 9.80 Å². The van der Waals surface area contributed by atoms with Crippen LogP contribution in [0.15, 0.2) is 18.2 Å². The number of amides is 1. The van der Waals surface area contributed by atoms with Gasteiger partial charge in [0.2, 0.25) is 0 Å². The smallest absolute Gasteiger partial charge is 0.275 e. The first-order valence-corrected chi connectivity index (χ1v) is 7.24. The van der Waals surface area contributed by atoms with Crippen molar-refractivity contribution in [1.29, 1.82) is 0 Å². The van der Waals surface area contributed by atoms with E-state index >= 15 is 0 Å².